The van der Waals surface area contributed by atoms with Crippen LogP contribution in [0.15, 0.2) is 23.1 Å². The number of morpholine rings is 1. The van der Waals surface area contributed by atoms with Crippen molar-refractivity contribution in [2.45, 2.75) is 37.0 Å². The molecule has 1 saturated heterocycles. The summed E-state index contributed by atoms with van der Waals surface area (Å²) in [5.74, 6) is 0.160. The van der Waals surface area contributed by atoms with E-state index >= 15 is 0 Å². The lowest BCUT2D eigenvalue weighted by molar-refractivity contribution is -0.123. The van der Waals surface area contributed by atoms with Crippen molar-refractivity contribution >= 4 is 42.4 Å². The SMILES string of the molecule is CS(=O)(=O)c1cccc2sc(N(CCN3CCOCC3)C(=O)C3CCCCC3)nc12. The number of nitrogens with zero attached hydrogens (tertiary/aromatic N) is 3. The zero-order chi connectivity index (χ0) is 21.1. The number of para-hydroxylation sites is 1. The molecule has 30 heavy (non-hydrogen) atoms. The van der Waals surface area contributed by atoms with Crippen LogP contribution in [0.25, 0.3) is 10.2 Å². The molecule has 0 N–H and O–H groups in total. The topological polar surface area (TPSA) is 79.8 Å². The number of hydrogen-bond donors (Lipinski definition) is 0. The first-order valence-corrected chi connectivity index (χ1v) is 13.4. The highest BCUT2D eigenvalue weighted by atomic mass is 32.2. The lowest BCUT2D eigenvalue weighted by Crippen LogP contribution is -2.45. The van der Waals surface area contributed by atoms with Gasteiger partial charge in [-0.25, -0.2) is 13.4 Å². The summed E-state index contributed by atoms with van der Waals surface area (Å²) >= 11 is 1.40. The lowest BCUT2D eigenvalue weighted by atomic mass is 9.88. The number of carbonyl (C=O) groups is 1. The van der Waals surface area contributed by atoms with Gasteiger partial charge in [0, 0.05) is 38.4 Å². The van der Waals surface area contributed by atoms with Crippen LogP contribution in [-0.2, 0) is 19.4 Å². The highest BCUT2D eigenvalue weighted by molar-refractivity contribution is 7.91. The number of benzene rings is 1. The van der Waals surface area contributed by atoms with Crippen LogP contribution in [-0.4, -0.2) is 69.9 Å². The molecule has 2 fully saturated rings. The second-order valence-corrected chi connectivity index (χ2v) is 11.1. The standard InChI is InChI=1S/C21H29N3O4S2/c1-30(26,27)18-9-5-8-17-19(18)22-21(29-17)24(11-10-23-12-14-28-15-13-23)20(25)16-6-3-2-4-7-16/h5,8-9,16H,2-4,6-7,10-15H2,1H3. The molecule has 2 heterocycles. The summed E-state index contributed by atoms with van der Waals surface area (Å²) in [6, 6.07) is 5.19. The van der Waals surface area contributed by atoms with Gasteiger partial charge in [0.2, 0.25) is 5.91 Å². The van der Waals surface area contributed by atoms with Gasteiger partial charge in [-0.15, -0.1) is 0 Å². The molecule has 9 heteroatoms. The van der Waals surface area contributed by atoms with Gasteiger partial charge in [-0.2, -0.15) is 0 Å². The molecule has 1 amide bonds. The minimum Gasteiger partial charge on any atom is -0.379 e. The van der Waals surface area contributed by atoms with E-state index in [1.165, 1.54) is 24.0 Å². The van der Waals surface area contributed by atoms with Gasteiger partial charge in [0.15, 0.2) is 15.0 Å². The Morgan fingerprint density at radius 2 is 1.97 bits per heavy atom. The molecule has 1 aliphatic heterocycles. The monoisotopic (exact) mass is 451 g/mol. The molecular formula is C21H29N3O4S2. The summed E-state index contributed by atoms with van der Waals surface area (Å²) in [6.45, 7) is 4.48. The van der Waals surface area contributed by atoms with Crippen LogP contribution in [0.2, 0.25) is 0 Å². The number of thiazole rings is 1. The van der Waals surface area contributed by atoms with Crippen molar-refractivity contribution in [1.82, 2.24) is 9.88 Å². The molecule has 7 nitrogen and oxygen atoms in total. The van der Waals surface area contributed by atoms with Crippen LogP contribution < -0.4 is 4.90 Å². The molecule has 4 rings (SSSR count). The minimum absolute atomic E-state index is 0.0322. The summed E-state index contributed by atoms with van der Waals surface area (Å²) in [5.41, 5.74) is 0.466. The third-order valence-corrected chi connectivity index (χ3v) is 8.14. The van der Waals surface area contributed by atoms with Gasteiger partial charge in [0.1, 0.15) is 5.52 Å². The highest BCUT2D eigenvalue weighted by Crippen LogP contribution is 2.34. The van der Waals surface area contributed by atoms with E-state index in [0.717, 1.165) is 63.2 Å². The molecule has 1 aromatic heterocycles. The fraction of sp³-hybridized carbons (Fsp3) is 0.619. The molecule has 0 atom stereocenters. The van der Waals surface area contributed by atoms with Gasteiger partial charge in [-0.1, -0.05) is 36.7 Å². The summed E-state index contributed by atoms with van der Waals surface area (Å²) in [6.07, 6.45) is 6.41. The maximum atomic E-state index is 13.5. The van der Waals surface area contributed by atoms with Gasteiger partial charge in [0.05, 0.1) is 22.8 Å². The van der Waals surface area contributed by atoms with Crippen molar-refractivity contribution in [2.24, 2.45) is 5.92 Å². The van der Waals surface area contributed by atoms with E-state index in [9.17, 15) is 13.2 Å². The Kier molecular flexibility index (Phi) is 6.72. The Bertz CT molecular complexity index is 993. The van der Waals surface area contributed by atoms with Gasteiger partial charge < -0.3 is 4.74 Å². The van der Waals surface area contributed by atoms with Crippen molar-refractivity contribution < 1.29 is 17.9 Å². The Morgan fingerprint density at radius 1 is 1.23 bits per heavy atom. The number of rotatable bonds is 6. The van der Waals surface area contributed by atoms with E-state index in [1.807, 2.05) is 11.0 Å². The minimum atomic E-state index is -3.39. The Hall–Kier alpha value is -1.55. The largest absolute Gasteiger partial charge is 0.379 e. The zero-order valence-electron chi connectivity index (χ0n) is 17.4. The molecule has 1 aliphatic carbocycles. The van der Waals surface area contributed by atoms with E-state index in [4.69, 9.17) is 4.74 Å². The van der Waals surface area contributed by atoms with Crippen LogP contribution >= 0.6 is 11.3 Å². The van der Waals surface area contributed by atoms with E-state index in [1.54, 1.807) is 12.1 Å². The number of hydrogen-bond acceptors (Lipinski definition) is 7. The maximum absolute atomic E-state index is 13.5. The normalized spacial score (nSPS) is 19.2. The lowest BCUT2D eigenvalue weighted by Gasteiger charge is -2.31. The Morgan fingerprint density at radius 3 is 2.67 bits per heavy atom. The Balaban J connectivity index is 1.64. The van der Waals surface area contributed by atoms with Crippen molar-refractivity contribution in [2.75, 3.05) is 50.5 Å². The third-order valence-electron chi connectivity index (χ3n) is 5.97. The molecule has 0 spiro atoms. The number of sulfone groups is 1. The van der Waals surface area contributed by atoms with Crippen LogP contribution in [0, 0.1) is 5.92 Å². The average Bonchev–Trinajstić information content (AvgIpc) is 3.18. The molecule has 0 unspecified atom stereocenters. The molecular weight excluding hydrogens is 422 g/mol. The number of carbonyl (C=O) groups excluding carboxylic acids is 1. The number of amides is 1. The van der Waals surface area contributed by atoms with Crippen LogP contribution in [0.1, 0.15) is 32.1 Å². The second-order valence-electron chi connectivity index (χ2n) is 8.15. The van der Waals surface area contributed by atoms with Crippen LogP contribution in [0.3, 0.4) is 0 Å². The smallest absolute Gasteiger partial charge is 0.231 e. The molecule has 2 aromatic rings. The first-order valence-electron chi connectivity index (χ1n) is 10.6. The van der Waals surface area contributed by atoms with Gasteiger partial charge in [0.25, 0.3) is 0 Å². The van der Waals surface area contributed by atoms with Crippen molar-refractivity contribution in [3.05, 3.63) is 18.2 Å². The number of fused-ring (bicyclic) bond motifs is 1. The molecule has 164 valence electrons. The second kappa shape index (κ2) is 9.30. The van der Waals surface area contributed by atoms with E-state index in [0.29, 0.717) is 17.2 Å². The molecule has 1 aromatic carbocycles. The van der Waals surface area contributed by atoms with Crippen molar-refractivity contribution in [3.8, 4) is 0 Å². The first kappa shape index (κ1) is 21.7. The van der Waals surface area contributed by atoms with Gasteiger partial charge in [-0.05, 0) is 25.0 Å². The molecule has 2 aliphatic rings. The fourth-order valence-corrected chi connectivity index (χ4v) is 6.18. The first-order chi connectivity index (χ1) is 14.4. The van der Waals surface area contributed by atoms with E-state index < -0.39 is 9.84 Å². The molecule has 0 bridgehead atoms. The van der Waals surface area contributed by atoms with E-state index in [2.05, 4.69) is 9.88 Å². The number of ether oxygens (including phenoxy) is 1. The van der Waals surface area contributed by atoms with E-state index in [-0.39, 0.29) is 16.7 Å². The fourth-order valence-electron chi connectivity index (χ4n) is 4.26. The van der Waals surface area contributed by atoms with Crippen molar-refractivity contribution in [3.63, 3.8) is 0 Å². The van der Waals surface area contributed by atoms with Crippen molar-refractivity contribution in [1.29, 1.82) is 0 Å². The average molecular weight is 452 g/mol. The summed E-state index contributed by atoms with van der Waals surface area (Å²) in [4.78, 5) is 22.5. The van der Waals surface area contributed by atoms with Gasteiger partial charge in [-0.3, -0.25) is 14.6 Å². The predicted molar refractivity (Wildman–Crippen MR) is 119 cm³/mol. The summed E-state index contributed by atoms with van der Waals surface area (Å²) < 4.78 is 30.6. The highest BCUT2D eigenvalue weighted by Gasteiger charge is 2.30. The van der Waals surface area contributed by atoms with Crippen LogP contribution in [0.4, 0.5) is 5.13 Å². The maximum Gasteiger partial charge on any atom is 0.231 e. The Labute approximate surface area is 181 Å². The predicted octanol–water partition coefficient (Wildman–Crippen LogP) is 2.95. The van der Waals surface area contributed by atoms with Gasteiger partial charge >= 0.3 is 0 Å². The zero-order valence-corrected chi connectivity index (χ0v) is 19.0. The summed E-state index contributed by atoms with van der Waals surface area (Å²) in [7, 11) is -3.39. The van der Waals surface area contributed by atoms with Crippen LogP contribution in [0.5, 0.6) is 0 Å². The quantitative estimate of drug-likeness (QED) is 0.672. The summed E-state index contributed by atoms with van der Waals surface area (Å²) in [5, 5.41) is 0.602. The number of anilines is 1. The molecule has 1 saturated carbocycles. The number of aromatic nitrogens is 1. The third kappa shape index (κ3) is 4.85. The molecule has 0 radical (unpaired) electrons.